The van der Waals surface area contributed by atoms with Gasteiger partial charge in [-0.1, -0.05) is 17.7 Å². The summed E-state index contributed by atoms with van der Waals surface area (Å²) in [7, 11) is 0. The molecule has 128 valence electrons. The molecule has 0 heterocycles. The molecular weight excluding hydrogens is 329 g/mol. The molecule has 6 nitrogen and oxygen atoms in total. The molecule has 0 saturated heterocycles. The van der Waals surface area contributed by atoms with E-state index in [-0.39, 0.29) is 23.8 Å². The van der Waals surface area contributed by atoms with Gasteiger partial charge in [-0.25, -0.2) is 14.0 Å². The van der Waals surface area contributed by atoms with E-state index in [9.17, 15) is 14.0 Å². The van der Waals surface area contributed by atoms with Crippen LogP contribution in [0.1, 0.15) is 26.3 Å². The maximum Gasteiger partial charge on any atom is 0.408 e. The number of carbonyl (C=O) groups excluding carboxylic acids is 1. The zero-order valence-electron chi connectivity index (χ0n) is 13.1. The van der Waals surface area contributed by atoms with E-state index < -0.39 is 29.5 Å². The number of benzene rings is 1. The van der Waals surface area contributed by atoms with Gasteiger partial charge >= 0.3 is 12.1 Å². The van der Waals surface area contributed by atoms with E-state index in [1.54, 1.807) is 20.8 Å². The van der Waals surface area contributed by atoms with Crippen LogP contribution in [0.15, 0.2) is 18.2 Å². The lowest BCUT2D eigenvalue weighted by molar-refractivity contribution is -0.141. The number of carboxylic acid groups (broad SMARTS) is 1. The van der Waals surface area contributed by atoms with E-state index in [2.05, 4.69) is 5.32 Å². The van der Waals surface area contributed by atoms with Gasteiger partial charge in [-0.05, 0) is 32.9 Å². The topological polar surface area (TPSA) is 84.9 Å². The Labute approximate surface area is 138 Å². The number of hydrogen-bond donors (Lipinski definition) is 2. The Kier molecular flexibility index (Phi) is 6.78. The Bertz CT molecular complexity index is 573. The second-order valence-electron chi connectivity index (χ2n) is 5.79. The molecule has 0 saturated carbocycles. The van der Waals surface area contributed by atoms with Crippen molar-refractivity contribution in [1.82, 2.24) is 5.32 Å². The normalized spacial score (nSPS) is 12.6. The average Bonchev–Trinajstić information content (AvgIpc) is 2.37. The van der Waals surface area contributed by atoms with Gasteiger partial charge in [0.1, 0.15) is 11.4 Å². The van der Waals surface area contributed by atoms with Gasteiger partial charge in [-0.2, -0.15) is 0 Å². The van der Waals surface area contributed by atoms with E-state index in [4.69, 9.17) is 26.2 Å². The molecule has 1 rings (SSSR count). The van der Waals surface area contributed by atoms with Crippen LogP contribution < -0.4 is 5.32 Å². The first-order valence-electron chi connectivity index (χ1n) is 6.82. The van der Waals surface area contributed by atoms with E-state index >= 15 is 0 Å². The number of amides is 1. The standard InChI is InChI=1S/C15H19ClFNO5/c1-15(2,3)23-14(21)18-12(13(19)20)8-22-7-9-4-5-10(16)6-11(9)17/h4-6,12H,7-8H2,1-3H3,(H,18,21)(H,19,20)/t12-/m1/s1. The molecule has 0 fully saturated rings. The van der Waals surface area contributed by atoms with Crippen molar-refractivity contribution in [3.63, 3.8) is 0 Å². The van der Waals surface area contributed by atoms with Crippen LogP contribution in [0.25, 0.3) is 0 Å². The van der Waals surface area contributed by atoms with Gasteiger partial charge in [-0.15, -0.1) is 0 Å². The maximum atomic E-state index is 13.6. The van der Waals surface area contributed by atoms with Gasteiger partial charge in [0.2, 0.25) is 0 Å². The number of ether oxygens (including phenoxy) is 2. The number of hydrogen-bond acceptors (Lipinski definition) is 4. The van der Waals surface area contributed by atoms with E-state index in [0.717, 1.165) is 6.07 Å². The van der Waals surface area contributed by atoms with Crippen LogP contribution in [0.3, 0.4) is 0 Å². The summed E-state index contributed by atoms with van der Waals surface area (Å²) in [5, 5.41) is 11.5. The third kappa shape index (κ3) is 7.30. The molecule has 1 amide bonds. The second-order valence-corrected chi connectivity index (χ2v) is 6.22. The summed E-state index contributed by atoms with van der Waals surface area (Å²) in [6.45, 7) is 4.48. The first-order chi connectivity index (χ1) is 10.6. The van der Waals surface area contributed by atoms with Gasteiger partial charge in [0.25, 0.3) is 0 Å². The first kappa shape index (κ1) is 19.2. The predicted octanol–water partition coefficient (Wildman–Crippen LogP) is 2.97. The summed E-state index contributed by atoms with van der Waals surface area (Å²) in [5.74, 6) is -1.84. The monoisotopic (exact) mass is 347 g/mol. The summed E-state index contributed by atoms with van der Waals surface area (Å²) in [4.78, 5) is 22.7. The predicted molar refractivity (Wildman–Crippen MR) is 81.9 cm³/mol. The summed E-state index contributed by atoms with van der Waals surface area (Å²) in [6, 6.07) is 2.76. The zero-order valence-corrected chi connectivity index (χ0v) is 13.8. The van der Waals surface area contributed by atoms with Crippen molar-refractivity contribution in [2.45, 2.75) is 39.0 Å². The van der Waals surface area contributed by atoms with Crippen LogP contribution in [0.2, 0.25) is 5.02 Å². The fraction of sp³-hybridized carbons (Fsp3) is 0.467. The number of halogens is 2. The number of alkyl carbamates (subject to hydrolysis) is 1. The average molecular weight is 348 g/mol. The molecule has 1 atom stereocenters. The molecule has 0 aliphatic heterocycles. The fourth-order valence-electron chi connectivity index (χ4n) is 1.55. The number of nitrogens with one attached hydrogen (secondary N) is 1. The Hall–Kier alpha value is -1.86. The molecule has 0 unspecified atom stereocenters. The first-order valence-corrected chi connectivity index (χ1v) is 7.20. The molecule has 2 N–H and O–H groups in total. The number of carboxylic acids is 1. The summed E-state index contributed by atoms with van der Waals surface area (Å²) in [6.07, 6.45) is -0.869. The summed E-state index contributed by atoms with van der Waals surface area (Å²) in [5.41, 5.74) is -0.517. The molecule has 0 aliphatic rings. The molecule has 8 heteroatoms. The lowest BCUT2D eigenvalue weighted by Gasteiger charge is -2.22. The highest BCUT2D eigenvalue weighted by Crippen LogP contribution is 2.15. The lowest BCUT2D eigenvalue weighted by atomic mass is 10.2. The highest BCUT2D eigenvalue weighted by molar-refractivity contribution is 6.30. The Balaban J connectivity index is 2.53. The molecule has 0 aromatic heterocycles. The van der Waals surface area contributed by atoms with Crippen LogP contribution in [0, 0.1) is 5.82 Å². The van der Waals surface area contributed by atoms with Crippen molar-refractivity contribution in [2.75, 3.05) is 6.61 Å². The number of aliphatic carboxylic acids is 1. The molecule has 1 aromatic carbocycles. The van der Waals surface area contributed by atoms with Gasteiger partial charge in [0, 0.05) is 10.6 Å². The molecule has 23 heavy (non-hydrogen) atoms. The fourth-order valence-corrected chi connectivity index (χ4v) is 1.71. The molecule has 0 bridgehead atoms. The molecule has 0 aliphatic carbocycles. The SMILES string of the molecule is CC(C)(C)OC(=O)N[C@H](COCc1ccc(Cl)cc1F)C(=O)O. The minimum absolute atomic E-state index is 0.150. The van der Waals surface area contributed by atoms with Crippen LogP contribution in [-0.4, -0.2) is 35.4 Å². The third-order valence-corrected chi connectivity index (χ3v) is 2.78. The Morgan fingerprint density at radius 1 is 1.39 bits per heavy atom. The highest BCUT2D eigenvalue weighted by atomic mass is 35.5. The minimum Gasteiger partial charge on any atom is -0.480 e. The highest BCUT2D eigenvalue weighted by Gasteiger charge is 2.24. The van der Waals surface area contributed by atoms with Crippen LogP contribution in [-0.2, 0) is 20.9 Å². The van der Waals surface area contributed by atoms with Gasteiger partial charge in [0.05, 0.1) is 13.2 Å². The van der Waals surface area contributed by atoms with Gasteiger partial charge < -0.3 is 19.9 Å². The van der Waals surface area contributed by atoms with Crippen molar-refractivity contribution < 1.29 is 28.6 Å². The Morgan fingerprint density at radius 3 is 2.57 bits per heavy atom. The molecule has 0 spiro atoms. The molecule has 1 aromatic rings. The largest absolute Gasteiger partial charge is 0.480 e. The number of rotatable bonds is 6. The summed E-state index contributed by atoms with van der Waals surface area (Å²) < 4.78 is 23.7. The maximum absolute atomic E-state index is 13.6. The van der Waals surface area contributed by atoms with Gasteiger partial charge in [0.15, 0.2) is 6.04 Å². The van der Waals surface area contributed by atoms with Crippen LogP contribution in [0.4, 0.5) is 9.18 Å². The van der Waals surface area contributed by atoms with E-state index in [1.807, 2.05) is 0 Å². The number of carbonyl (C=O) groups is 2. The quantitative estimate of drug-likeness (QED) is 0.826. The Morgan fingerprint density at radius 2 is 2.04 bits per heavy atom. The van der Waals surface area contributed by atoms with Crippen LogP contribution in [0.5, 0.6) is 0 Å². The minimum atomic E-state index is -1.31. The van der Waals surface area contributed by atoms with Crippen molar-refractivity contribution >= 4 is 23.7 Å². The van der Waals surface area contributed by atoms with Crippen LogP contribution >= 0.6 is 11.6 Å². The van der Waals surface area contributed by atoms with Gasteiger partial charge in [-0.3, -0.25) is 0 Å². The van der Waals surface area contributed by atoms with E-state index in [1.165, 1.54) is 12.1 Å². The summed E-state index contributed by atoms with van der Waals surface area (Å²) >= 11 is 5.63. The van der Waals surface area contributed by atoms with E-state index in [0.29, 0.717) is 0 Å². The third-order valence-electron chi connectivity index (χ3n) is 2.55. The lowest BCUT2D eigenvalue weighted by Crippen LogP contribution is -2.46. The second kappa shape index (κ2) is 8.12. The smallest absolute Gasteiger partial charge is 0.408 e. The van der Waals surface area contributed by atoms with Crippen molar-refractivity contribution in [3.05, 3.63) is 34.6 Å². The molecule has 0 radical (unpaired) electrons. The molecular formula is C15H19ClFNO5. The van der Waals surface area contributed by atoms with Crippen molar-refractivity contribution in [1.29, 1.82) is 0 Å². The van der Waals surface area contributed by atoms with Crippen molar-refractivity contribution in [2.24, 2.45) is 0 Å². The van der Waals surface area contributed by atoms with Crippen molar-refractivity contribution in [3.8, 4) is 0 Å². The zero-order chi connectivity index (χ0) is 17.6.